The zero-order valence-corrected chi connectivity index (χ0v) is 7.81. The number of hydrogen-bond donors (Lipinski definition) is 1. The molecule has 0 aromatic heterocycles. The van der Waals surface area contributed by atoms with Crippen LogP contribution in [0.4, 0.5) is 17.6 Å². The predicted molar refractivity (Wildman–Crippen MR) is 44.8 cm³/mol. The van der Waals surface area contributed by atoms with Crippen LogP contribution in [0.15, 0.2) is 6.07 Å². The topological polar surface area (TPSA) is 37.3 Å². The van der Waals surface area contributed by atoms with Crippen LogP contribution < -0.4 is 0 Å². The molecule has 0 spiro atoms. The van der Waals surface area contributed by atoms with Crippen molar-refractivity contribution in [1.29, 1.82) is 0 Å². The van der Waals surface area contributed by atoms with Crippen molar-refractivity contribution in [2.75, 3.05) is 0 Å². The molecular formula is C10H6F4O2. The molecule has 0 amide bonds. The number of benzene rings is 1. The van der Waals surface area contributed by atoms with Gasteiger partial charge in [-0.25, -0.2) is 17.6 Å². The second kappa shape index (κ2) is 3.47. The van der Waals surface area contributed by atoms with E-state index in [-0.39, 0.29) is 12.5 Å². The van der Waals surface area contributed by atoms with E-state index >= 15 is 0 Å². The molecule has 86 valence electrons. The predicted octanol–water partition coefficient (Wildman–Crippen LogP) is 2.43. The summed E-state index contributed by atoms with van der Waals surface area (Å²) in [6.45, 7) is 0. The van der Waals surface area contributed by atoms with E-state index in [1.165, 1.54) is 0 Å². The van der Waals surface area contributed by atoms with Crippen LogP contribution in [0.25, 0.3) is 0 Å². The Bertz CT molecular complexity index is 446. The van der Waals surface area contributed by atoms with Crippen molar-refractivity contribution in [3.05, 3.63) is 34.9 Å². The number of aliphatic carboxylic acids is 1. The number of rotatable bonds is 2. The summed E-state index contributed by atoms with van der Waals surface area (Å²) in [5.74, 6) is -9.21. The summed E-state index contributed by atoms with van der Waals surface area (Å²) >= 11 is 0. The third-order valence-corrected chi connectivity index (χ3v) is 2.62. The third-order valence-electron chi connectivity index (χ3n) is 2.62. The van der Waals surface area contributed by atoms with Gasteiger partial charge in [0.1, 0.15) is 0 Å². The number of halogens is 4. The smallest absolute Gasteiger partial charge is 0.307 e. The lowest BCUT2D eigenvalue weighted by Gasteiger charge is -2.05. The van der Waals surface area contributed by atoms with Gasteiger partial charge < -0.3 is 5.11 Å². The highest BCUT2D eigenvalue weighted by Gasteiger charge is 2.48. The Labute approximate surface area is 87.5 Å². The molecule has 6 heteroatoms. The summed E-state index contributed by atoms with van der Waals surface area (Å²) in [5.41, 5.74) is -0.801. The van der Waals surface area contributed by atoms with Gasteiger partial charge >= 0.3 is 5.97 Å². The fraction of sp³-hybridized carbons (Fsp3) is 0.300. The van der Waals surface area contributed by atoms with Gasteiger partial charge in [-0.15, -0.1) is 0 Å². The summed E-state index contributed by atoms with van der Waals surface area (Å²) in [6.07, 6.45) is -0.00787. The van der Waals surface area contributed by atoms with Crippen molar-refractivity contribution < 1.29 is 27.5 Å². The summed E-state index contributed by atoms with van der Waals surface area (Å²) in [6, 6.07) is 0.103. The largest absolute Gasteiger partial charge is 0.481 e. The summed E-state index contributed by atoms with van der Waals surface area (Å²) in [5, 5.41) is 8.57. The Morgan fingerprint density at radius 3 is 2.06 bits per heavy atom. The average molecular weight is 234 g/mol. The van der Waals surface area contributed by atoms with Crippen molar-refractivity contribution in [3.8, 4) is 0 Å². The molecule has 1 saturated carbocycles. The van der Waals surface area contributed by atoms with E-state index < -0.39 is 46.6 Å². The quantitative estimate of drug-likeness (QED) is 0.630. The number of hydrogen-bond acceptors (Lipinski definition) is 1. The Hall–Kier alpha value is -1.59. The van der Waals surface area contributed by atoms with E-state index in [9.17, 15) is 22.4 Å². The minimum atomic E-state index is -1.51. The van der Waals surface area contributed by atoms with Crippen LogP contribution >= 0.6 is 0 Å². The fourth-order valence-electron chi connectivity index (χ4n) is 1.70. The lowest BCUT2D eigenvalue weighted by atomic mass is 10.1. The zero-order chi connectivity index (χ0) is 12.0. The summed E-state index contributed by atoms with van der Waals surface area (Å²) in [4.78, 5) is 10.5. The second-order valence-electron chi connectivity index (χ2n) is 3.67. The molecular weight excluding hydrogens is 228 g/mol. The Morgan fingerprint density at radius 1 is 1.19 bits per heavy atom. The average Bonchev–Trinajstić information content (AvgIpc) is 2.95. The molecule has 2 nitrogen and oxygen atoms in total. The van der Waals surface area contributed by atoms with Gasteiger partial charge in [-0.1, -0.05) is 0 Å². The molecule has 0 aliphatic heterocycles. The first-order valence-electron chi connectivity index (χ1n) is 4.49. The molecule has 0 heterocycles. The van der Waals surface area contributed by atoms with E-state index in [2.05, 4.69) is 0 Å². The van der Waals surface area contributed by atoms with E-state index in [1.54, 1.807) is 0 Å². The Morgan fingerprint density at radius 2 is 1.69 bits per heavy atom. The minimum Gasteiger partial charge on any atom is -0.481 e. The maximum atomic E-state index is 13.2. The van der Waals surface area contributed by atoms with Gasteiger partial charge in [0.05, 0.1) is 5.92 Å². The van der Waals surface area contributed by atoms with Gasteiger partial charge in [0.25, 0.3) is 0 Å². The minimum absolute atomic E-state index is 0.00787. The summed E-state index contributed by atoms with van der Waals surface area (Å²) in [7, 11) is 0. The monoisotopic (exact) mass is 234 g/mol. The fourth-order valence-corrected chi connectivity index (χ4v) is 1.70. The van der Waals surface area contributed by atoms with Crippen molar-refractivity contribution in [1.82, 2.24) is 0 Å². The van der Waals surface area contributed by atoms with Crippen LogP contribution in [-0.4, -0.2) is 11.1 Å². The van der Waals surface area contributed by atoms with E-state index in [4.69, 9.17) is 5.11 Å². The van der Waals surface area contributed by atoms with Crippen molar-refractivity contribution in [2.24, 2.45) is 5.92 Å². The standard InChI is InChI=1S/C10H6F4O2/c11-5-2-6(12)9(14)7(8(5)13)3-1-4(3)10(15)16/h2-4H,1H2,(H,15,16). The molecule has 0 bridgehead atoms. The molecule has 2 atom stereocenters. The van der Waals surface area contributed by atoms with Crippen LogP contribution in [0.5, 0.6) is 0 Å². The van der Waals surface area contributed by atoms with Crippen LogP contribution in [0.2, 0.25) is 0 Å². The first kappa shape index (κ1) is 10.9. The molecule has 1 aliphatic rings. The van der Waals surface area contributed by atoms with Gasteiger partial charge in [0, 0.05) is 17.5 Å². The van der Waals surface area contributed by atoms with E-state index in [1.807, 2.05) is 0 Å². The normalized spacial score (nSPS) is 23.2. The van der Waals surface area contributed by atoms with Crippen LogP contribution in [0.3, 0.4) is 0 Å². The second-order valence-corrected chi connectivity index (χ2v) is 3.67. The van der Waals surface area contributed by atoms with Crippen LogP contribution in [0.1, 0.15) is 17.9 Å². The maximum absolute atomic E-state index is 13.2. The first-order chi connectivity index (χ1) is 7.43. The SMILES string of the molecule is O=C(O)C1CC1c1c(F)c(F)cc(F)c1F. The van der Waals surface area contributed by atoms with Gasteiger partial charge in [-0.05, 0) is 6.42 Å². The molecule has 1 aromatic rings. The van der Waals surface area contributed by atoms with Crippen LogP contribution in [0, 0.1) is 29.2 Å². The molecule has 0 saturated heterocycles. The third kappa shape index (κ3) is 1.54. The van der Waals surface area contributed by atoms with Gasteiger partial charge in [-0.3, -0.25) is 4.79 Å². The highest BCUT2D eigenvalue weighted by molar-refractivity contribution is 5.75. The summed E-state index contributed by atoms with van der Waals surface area (Å²) < 4.78 is 52.0. The molecule has 2 rings (SSSR count). The van der Waals surface area contributed by atoms with E-state index in [0.29, 0.717) is 0 Å². The van der Waals surface area contributed by atoms with Gasteiger partial charge in [0.15, 0.2) is 23.3 Å². The molecule has 1 aliphatic carbocycles. The van der Waals surface area contributed by atoms with Crippen molar-refractivity contribution in [2.45, 2.75) is 12.3 Å². The lowest BCUT2D eigenvalue weighted by Crippen LogP contribution is -2.05. The molecule has 2 unspecified atom stereocenters. The Balaban J connectivity index is 2.46. The number of carbonyl (C=O) groups is 1. The van der Waals surface area contributed by atoms with Crippen LogP contribution in [-0.2, 0) is 4.79 Å². The van der Waals surface area contributed by atoms with Crippen molar-refractivity contribution in [3.63, 3.8) is 0 Å². The zero-order valence-electron chi connectivity index (χ0n) is 7.81. The molecule has 1 N–H and O–H groups in total. The van der Waals surface area contributed by atoms with Gasteiger partial charge in [-0.2, -0.15) is 0 Å². The molecule has 1 aromatic carbocycles. The molecule has 16 heavy (non-hydrogen) atoms. The maximum Gasteiger partial charge on any atom is 0.307 e. The molecule has 1 fully saturated rings. The van der Waals surface area contributed by atoms with Gasteiger partial charge in [0.2, 0.25) is 0 Å². The molecule has 0 radical (unpaired) electrons. The Kier molecular flexibility index (Phi) is 2.36. The number of carboxylic acid groups (broad SMARTS) is 1. The highest BCUT2D eigenvalue weighted by atomic mass is 19.2. The highest BCUT2D eigenvalue weighted by Crippen LogP contribution is 2.49. The number of carboxylic acids is 1. The van der Waals surface area contributed by atoms with Crippen molar-refractivity contribution >= 4 is 5.97 Å². The first-order valence-corrected chi connectivity index (χ1v) is 4.49. The van der Waals surface area contributed by atoms with E-state index in [0.717, 1.165) is 0 Å². The lowest BCUT2D eigenvalue weighted by molar-refractivity contribution is -0.138.